The largest absolute Gasteiger partial charge is 0.359 e. The summed E-state index contributed by atoms with van der Waals surface area (Å²) in [6, 6.07) is 0. The molecule has 4 nitrogen and oxygen atoms in total. The lowest BCUT2D eigenvalue weighted by atomic mass is 9.80. The average Bonchev–Trinajstić information content (AvgIpc) is 2.27. The maximum absolute atomic E-state index is 5.79. The van der Waals surface area contributed by atoms with Gasteiger partial charge in [0.2, 0.25) is 0 Å². The van der Waals surface area contributed by atoms with E-state index in [1.807, 2.05) is 14.1 Å². The highest BCUT2D eigenvalue weighted by Gasteiger charge is 2.29. The lowest BCUT2D eigenvalue weighted by Crippen LogP contribution is -2.47. The highest BCUT2D eigenvalue weighted by atomic mass is 15.2. The number of piperidine rings is 1. The first-order valence-corrected chi connectivity index (χ1v) is 5.70. The van der Waals surface area contributed by atoms with Crippen LogP contribution in [0.15, 0.2) is 4.99 Å². The van der Waals surface area contributed by atoms with Crippen LogP contribution in [0, 0.1) is 5.41 Å². The molecular weight excluding hydrogens is 188 g/mol. The van der Waals surface area contributed by atoms with Gasteiger partial charge in [-0.25, -0.2) is 0 Å². The summed E-state index contributed by atoms with van der Waals surface area (Å²) < 4.78 is 0. The first-order valence-electron chi connectivity index (χ1n) is 5.70. The molecule has 4 heteroatoms. The van der Waals surface area contributed by atoms with E-state index in [9.17, 15) is 0 Å². The highest BCUT2D eigenvalue weighted by Crippen LogP contribution is 2.29. The molecule has 0 aliphatic carbocycles. The summed E-state index contributed by atoms with van der Waals surface area (Å²) in [6.07, 6.45) is 2.35. The van der Waals surface area contributed by atoms with E-state index in [-0.39, 0.29) is 0 Å². The van der Waals surface area contributed by atoms with Gasteiger partial charge in [0.25, 0.3) is 0 Å². The molecular formula is C11H24N4. The number of likely N-dealkylation sites (N-methyl/N-ethyl adjacent to an activating group) is 1. The van der Waals surface area contributed by atoms with Crippen molar-refractivity contribution >= 4 is 5.84 Å². The molecule has 3 N–H and O–H groups in total. The fraction of sp³-hybridized carbons (Fsp3) is 0.909. The molecule has 0 atom stereocenters. The Morgan fingerprint density at radius 3 is 2.47 bits per heavy atom. The second-order valence-electron chi connectivity index (χ2n) is 4.67. The molecule has 88 valence electrons. The van der Waals surface area contributed by atoms with Crippen LogP contribution in [-0.4, -0.2) is 51.0 Å². The van der Waals surface area contributed by atoms with Gasteiger partial charge < -0.3 is 16.0 Å². The first-order chi connectivity index (χ1) is 7.15. The van der Waals surface area contributed by atoms with Gasteiger partial charge >= 0.3 is 0 Å². The summed E-state index contributed by atoms with van der Waals surface area (Å²) in [7, 11) is 3.82. The van der Waals surface area contributed by atoms with Gasteiger partial charge in [-0.1, -0.05) is 6.92 Å². The number of likely N-dealkylation sites (tertiary alicyclic amines) is 1. The lowest BCUT2D eigenvalue weighted by Gasteiger charge is -2.40. The van der Waals surface area contributed by atoms with E-state index in [0.717, 1.165) is 32.0 Å². The average molecular weight is 212 g/mol. The quantitative estimate of drug-likeness (QED) is 0.522. The molecule has 1 heterocycles. The fourth-order valence-electron chi connectivity index (χ4n) is 2.00. The summed E-state index contributed by atoms with van der Waals surface area (Å²) in [6.45, 7) is 6.11. The number of aliphatic imine (C=N–C) groups is 1. The SMILES string of the molecule is CN=C(CNC)N1CCC(C)(CN)CC1. The number of rotatable bonds is 3. The Hall–Kier alpha value is -0.610. The number of amidine groups is 1. The number of nitrogens with zero attached hydrogens (tertiary/aromatic N) is 2. The molecule has 1 aliphatic heterocycles. The molecule has 0 bridgehead atoms. The first kappa shape index (κ1) is 12.5. The Morgan fingerprint density at radius 1 is 1.47 bits per heavy atom. The molecule has 1 saturated heterocycles. The topological polar surface area (TPSA) is 53.7 Å². The van der Waals surface area contributed by atoms with E-state index in [2.05, 4.69) is 22.1 Å². The lowest BCUT2D eigenvalue weighted by molar-refractivity contribution is 0.174. The molecule has 0 unspecified atom stereocenters. The minimum absolute atomic E-state index is 0.342. The van der Waals surface area contributed by atoms with Crippen LogP contribution in [0.5, 0.6) is 0 Å². The highest BCUT2D eigenvalue weighted by molar-refractivity contribution is 5.84. The Balaban J connectivity index is 2.49. The van der Waals surface area contributed by atoms with Crippen molar-refractivity contribution in [1.82, 2.24) is 10.2 Å². The minimum Gasteiger partial charge on any atom is -0.359 e. The van der Waals surface area contributed by atoms with Gasteiger partial charge in [-0.15, -0.1) is 0 Å². The van der Waals surface area contributed by atoms with Gasteiger partial charge in [0.1, 0.15) is 5.84 Å². The van der Waals surface area contributed by atoms with Gasteiger partial charge in [-0.2, -0.15) is 0 Å². The molecule has 1 aliphatic rings. The molecule has 15 heavy (non-hydrogen) atoms. The Kier molecular flexibility index (Phi) is 4.54. The summed E-state index contributed by atoms with van der Waals surface area (Å²) in [5.41, 5.74) is 6.13. The van der Waals surface area contributed by atoms with Crippen LogP contribution in [0.1, 0.15) is 19.8 Å². The predicted molar refractivity (Wildman–Crippen MR) is 65.3 cm³/mol. The third-order valence-corrected chi connectivity index (χ3v) is 3.42. The van der Waals surface area contributed by atoms with Crippen LogP contribution in [0.4, 0.5) is 0 Å². The zero-order valence-corrected chi connectivity index (χ0v) is 10.2. The molecule has 0 saturated carbocycles. The molecule has 0 aromatic carbocycles. The molecule has 1 fully saturated rings. The van der Waals surface area contributed by atoms with Crippen LogP contribution >= 0.6 is 0 Å². The zero-order valence-electron chi connectivity index (χ0n) is 10.2. The van der Waals surface area contributed by atoms with Crippen molar-refractivity contribution < 1.29 is 0 Å². The van der Waals surface area contributed by atoms with Crippen LogP contribution < -0.4 is 11.1 Å². The van der Waals surface area contributed by atoms with Crippen molar-refractivity contribution in [1.29, 1.82) is 0 Å². The van der Waals surface area contributed by atoms with Crippen molar-refractivity contribution in [2.45, 2.75) is 19.8 Å². The second-order valence-corrected chi connectivity index (χ2v) is 4.67. The van der Waals surface area contributed by atoms with Gasteiger partial charge in [0.15, 0.2) is 0 Å². The fourth-order valence-corrected chi connectivity index (χ4v) is 2.00. The molecule has 0 spiro atoms. The smallest absolute Gasteiger partial charge is 0.113 e. The van der Waals surface area contributed by atoms with Crippen molar-refractivity contribution in [3.8, 4) is 0 Å². The van der Waals surface area contributed by atoms with Gasteiger partial charge in [-0.05, 0) is 31.8 Å². The zero-order chi connectivity index (χ0) is 11.3. The standard InChI is InChI=1S/C11H24N4/c1-11(9-12)4-6-15(7-5-11)10(14-3)8-13-2/h13H,4-9,12H2,1-3H3. The van der Waals surface area contributed by atoms with E-state index in [4.69, 9.17) is 5.73 Å². The predicted octanol–water partition coefficient (Wildman–Crippen LogP) is 0.295. The summed E-state index contributed by atoms with van der Waals surface area (Å²) >= 11 is 0. The summed E-state index contributed by atoms with van der Waals surface area (Å²) in [5, 5.41) is 3.15. The van der Waals surface area contributed by atoms with E-state index >= 15 is 0 Å². The van der Waals surface area contributed by atoms with Gasteiger partial charge in [0.05, 0.1) is 6.54 Å². The Labute approximate surface area is 92.9 Å². The van der Waals surface area contributed by atoms with E-state index < -0.39 is 0 Å². The number of hydrogen-bond acceptors (Lipinski definition) is 3. The number of hydrogen-bond donors (Lipinski definition) is 2. The van der Waals surface area contributed by atoms with Crippen LogP contribution in [0.25, 0.3) is 0 Å². The maximum atomic E-state index is 5.79. The van der Waals surface area contributed by atoms with Crippen molar-refractivity contribution in [2.24, 2.45) is 16.1 Å². The molecule has 0 aromatic heterocycles. The third-order valence-electron chi connectivity index (χ3n) is 3.42. The van der Waals surface area contributed by atoms with E-state index in [1.165, 1.54) is 12.8 Å². The molecule has 0 radical (unpaired) electrons. The molecule has 1 rings (SSSR count). The summed E-state index contributed by atoms with van der Waals surface area (Å²) in [5.74, 6) is 1.16. The van der Waals surface area contributed by atoms with Crippen molar-refractivity contribution in [2.75, 3.05) is 40.3 Å². The number of nitrogens with two attached hydrogens (primary N) is 1. The van der Waals surface area contributed by atoms with Gasteiger partial charge in [0, 0.05) is 20.1 Å². The Morgan fingerprint density at radius 2 is 2.07 bits per heavy atom. The normalized spacial score (nSPS) is 21.9. The number of nitrogens with one attached hydrogen (secondary N) is 1. The van der Waals surface area contributed by atoms with Gasteiger partial charge in [-0.3, -0.25) is 4.99 Å². The van der Waals surface area contributed by atoms with E-state index in [1.54, 1.807) is 0 Å². The monoisotopic (exact) mass is 212 g/mol. The summed E-state index contributed by atoms with van der Waals surface area (Å²) in [4.78, 5) is 6.69. The van der Waals surface area contributed by atoms with E-state index in [0.29, 0.717) is 5.41 Å². The molecule has 0 amide bonds. The van der Waals surface area contributed by atoms with Crippen LogP contribution in [-0.2, 0) is 0 Å². The van der Waals surface area contributed by atoms with Crippen molar-refractivity contribution in [3.63, 3.8) is 0 Å². The van der Waals surface area contributed by atoms with Crippen LogP contribution in [0.2, 0.25) is 0 Å². The molecule has 0 aromatic rings. The second kappa shape index (κ2) is 5.47. The third kappa shape index (κ3) is 3.18. The maximum Gasteiger partial charge on any atom is 0.113 e. The van der Waals surface area contributed by atoms with Crippen molar-refractivity contribution in [3.05, 3.63) is 0 Å². The Bertz CT molecular complexity index is 217. The minimum atomic E-state index is 0.342. The van der Waals surface area contributed by atoms with Crippen LogP contribution in [0.3, 0.4) is 0 Å².